The minimum Gasteiger partial charge on any atom is -0.376 e. The first-order chi connectivity index (χ1) is 4.30. The summed E-state index contributed by atoms with van der Waals surface area (Å²) in [6.45, 7) is 2.13. The molecule has 1 aliphatic heterocycles. The number of hydrogen-bond donors (Lipinski definition) is 1. The van der Waals surface area contributed by atoms with Crippen LogP contribution in [0.4, 0.5) is 0 Å². The normalized spacial score (nSPS) is 17.8. The molecule has 10 heavy (non-hydrogen) atoms. The largest absolute Gasteiger partial charge is 0.376 e. The molecule has 1 aliphatic rings. The van der Waals surface area contributed by atoms with E-state index in [9.17, 15) is 0 Å². The lowest BCUT2D eigenvalue weighted by molar-refractivity contribution is 0.344. The van der Waals surface area contributed by atoms with Crippen molar-refractivity contribution in [2.45, 2.75) is 19.3 Å². The van der Waals surface area contributed by atoms with Crippen molar-refractivity contribution >= 4 is 29.7 Å². The lowest BCUT2D eigenvalue weighted by Crippen LogP contribution is -2.39. The minimum atomic E-state index is 0. The lowest BCUT2D eigenvalue weighted by atomic mass is 10.1. The Morgan fingerprint density at radius 1 is 1.20 bits per heavy atom. The van der Waals surface area contributed by atoms with Crippen LogP contribution >= 0.6 is 24.6 Å². The molecule has 0 atom stereocenters. The number of thiocarbonyl (C=S) groups is 1. The average Bonchev–Trinajstić information content (AvgIpc) is 1.90. The minimum absolute atomic E-state index is 0. The Morgan fingerprint density at radius 3 is 2.00 bits per heavy atom. The van der Waals surface area contributed by atoms with Gasteiger partial charge in [0.25, 0.3) is 0 Å². The number of piperidine rings is 1. The van der Waals surface area contributed by atoms with Gasteiger partial charge in [0.2, 0.25) is 0 Å². The summed E-state index contributed by atoms with van der Waals surface area (Å²) in [4.78, 5) is 2.07. The van der Waals surface area contributed by atoms with Crippen LogP contribution in [0.3, 0.4) is 0 Å². The Hall–Kier alpha value is -0.0200. The van der Waals surface area contributed by atoms with Gasteiger partial charge in [0.05, 0.1) is 0 Å². The van der Waals surface area contributed by atoms with Gasteiger partial charge in [-0.3, -0.25) is 0 Å². The second-order valence-electron chi connectivity index (χ2n) is 2.39. The van der Waals surface area contributed by atoms with Crippen LogP contribution in [-0.2, 0) is 0 Å². The van der Waals surface area contributed by atoms with E-state index in [0.29, 0.717) is 5.11 Å². The zero-order valence-corrected chi connectivity index (χ0v) is 7.51. The van der Waals surface area contributed by atoms with E-state index >= 15 is 0 Å². The van der Waals surface area contributed by atoms with Gasteiger partial charge in [-0.2, -0.15) is 0 Å². The summed E-state index contributed by atoms with van der Waals surface area (Å²) in [5, 5.41) is 0.565. The Morgan fingerprint density at radius 2 is 1.70 bits per heavy atom. The molecule has 1 rings (SSSR count). The highest BCUT2D eigenvalue weighted by molar-refractivity contribution is 7.80. The van der Waals surface area contributed by atoms with Crippen LogP contribution in [0, 0.1) is 0 Å². The second kappa shape index (κ2) is 4.74. The highest BCUT2D eigenvalue weighted by Crippen LogP contribution is 2.07. The van der Waals surface area contributed by atoms with Crippen molar-refractivity contribution in [3.05, 3.63) is 0 Å². The highest BCUT2D eigenvalue weighted by Gasteiger charge is 2.09. The zero-order chi connectivity index (χ0) is 6.69. The van der Waals surface area contributed by atoms with Crippen LogP contribution in [0.15, 0.2) is 0 Å². The van der Waals surface area contributed by atoms with Crippen LogP contribution in [0.5, 0.6) is 0 Å². The molecule has 0 aromatic carbocycles. The monoisotopic (exact) mass is 180 g/mol. The molecule has 2 nitrogen and oxygen atoms in total. The predicted octanol–water partition coefficient (Wildman–Crippen LogP) is 1.14. The lowest BCUT2D eigenvalue weighted by Gasteiger charge is -2.26. The van der Waals surface area contributed by atoms with Crippen molar-refractivity contribution in [2.75, 3.05) is 13.1 Å². The zero-order valence-electron chi connectivity index (χ0n) is 5.88. The summed E-state index contributed by atoms with van der Waals surface area (Å²) in [6.07, 6.45) is 3.83. The molecule has 0 saturated carbocycles. The first-order valence-electron chi connectivity index (χ1n) is 3.35. The molecule has 4 heteroatoms. The summed E-state index contributed by atoms with van der Waals surface area (Å²) in [7, 11) is 0. The average molecular weight is 181 g/mol. The van der Waals surface area contributed by atoms with Gasteiger partial charge in [0, 0.05) is 13.1 Å². The van der Waals surface area contributed by atoms with Gasteiger partial charge >= 0.3 is 0 Å². The van der Waals surface area contributed by atoms with Crippen molar-refractivity contribution in [3.63, 3.8) is 0 Å². The van der Waals surface area contributed by atoms with Gasteiger partial charge in [-0.1, -0.05) is 0 Å². The molecule has 0 unspecified atom stereocenters. The molecule has 0 radical (unpaired) electrons. The standard InChI is InChI=1S/C6H12N2S.ClH/c7-6(9)8-4-2-1-3-5-8;/h1-5H2,(H2,7,9);1H. The molecule has 60 valence electrons. The molecule has 1 saturated heterocycles. The van der Waals surface area contributed by atoms with Crippen LogP contribution in [-0.4, -0.2) is 23.1 Å². The number of hydrogen-bond acceptors (Lipinski definition) is 1. The maximum Gasteiger partial charge on any atom is 0.166 e. The smallest absolute Gasteiger partial charge is 0.166 e. The van der Waals surface area contributed by atoms with Crippen LogP contribution < -0.4 is 5.73 Å². The topological polar surface area (TPSA) is 29.3 Å². The number of nitrogens with zero attached hydrogens (tertiary/aromatic N) is 1. The maximum absolute atomic E-state index is 5.42. The van der Waals surface area contributed by atoms with Crippen LogP contribution in [0.25, 0.3) is 0 Å². The number of halogens is 1. The van der Waals surface area contributed by atoms with Crippen molar-refractivity contribution in [1.29, 1.82) is 0 Å². The van der Waals surface area contributed by atoms with Crippen molar-refractivity contribution in [1.82, 2.24) is 4.90 Å². The van der Waals surface area contributed by atoms with Gasteiger partial charge in [-0.15, -0.1) is 12.4 Å². The predicted molar refractivity (Wildman–Crippen MR) is 49.5 cm³/mol. The Labute approximate surface area is 73.2 Å². The molecule has 1 heterocycles. The first kappa shape index (κ1) is 9.98. The van der Waals surface area contributed by atoms with Crippen molar-refractivity contribution < 1.29 is 0 Å². The molecule has 0 aromatic heterocycles. The van der Waals surface area contributed by atoms with E-state index in [1.807, 2.05) is 0 Å². The van der Waals surface area contributed by atoms with E-state index in [1.165, 1.54) is 19.3 Å². The summed E-state index contributed by atoms with van der Waals surface area (Å²) < 4.78 is 0. The Kier molecular flexibility index (Phi) is 4.73. The van der Waals surface area contributed by atoms with Gasteiger partial charge in [0.15, 0.2) is 5.11 Å². The maximum atomic E-state index is 5.42. The van der Waals surface area contributed by atoms with Gasteiger partial charge in [0.1, 0.15) is 0 Å². The van der Waals surface area contributed by atoms with E-state index in [1.54, 1.807) is 0 Å². The summed E-state index contributed by atoms with van der Waals surface area (Å²) in [6, 6.07) is 0. The fourth-order valence-electron chi connectivity index (χ4n) is 1.11. The summed E-state index contributed by atoms with van der Waals surface area (Å²) in [5.74, 6) is 0. The third kappa shape index (κ3) is 2.71. The van der Waals surface area contributed by atoms with Gasteiger partial charge in [-0.25, -0.2) is 0 Å². The molecule has 2 N–H and O–H groups in total. The highest BCUT2D eigenvalue weighted by atomic mass is 35.5. The number of nitrogens with two attached hydrogens (primary N) is 1. The van der Waals surface area contributed by atoms with E-state index < -0.39 is 0 Å². The van der Waals surface area contributed by atoms with E-state index in [4.69, 9.17) is 18.0 Å². The Bertz CT molecular complexity index is 112. The molecular weight excluding hydrogens is 168 g/mol. The van der Waals surface area contributed by atoms with E-state index in [-0.39, 0.29) is 12.4 Å². The number of likely N-dealkylation sites (tertiary alicyclic amines) is 1. The van der Waals surface area contributed by atoms with E-state index in [2.05, 4.69) is 4.90 Å². The molecule has 0 amide bonds. The third-order valence-electron chi connectivity index (χ3n) is 1.67. The summed E-state index contributed by atoms with van der Waals surface area (Å²) in [5.41, 5.74) is 5.42. The third-order valence-corrected chi connectivity index (χ3v) is 1.93. The summed E-state index contributed by atoms with van der Waals surface area (Å²) >= 11 is 4.82. The molecule has 0 aromatic rings. The van der Waals surface area contributed by atoms with Gasteiger partial charge < -0.3 is 10.6 Å². The fourth-order valence-corrected chi connectivity index (χ4v) is 1.30. The van der Waals surface area contributed by atoms with Gasteiger partial charge in [-0.05, 0) is 31.5 Å². The molecule has 0 bridgehead atoms. The van der Waals surface area contributed by atoms with Crippen molar-refractivity contribution in [2.24, 2.45) is 5.73 Å². The van der Waals surface area contributed by atoms with Crippen LogP contribution in [0.2, 0.25) is 0 Å². The Balaban J connectivity index is 0.000000810. The number of rotatable bonds is 0. The SMILES string of the molecule is Cl.NC(=S)N1CCCCC1. The fraction of sp³-hybridized carbons (Fsp3) is 0.833. The molecule has 1 fully saturated rings. The van der Waals surface area contributed by atoms with E-state index in [0.717, 1.165) is 13.1 Å². The quantitative estimate of drug-likeness (QED) is 0.567. The first-order valence-corrected chi connectivity index (χ1v) is 3.76. The molecule has 0 aliphatic carbocycles. The second-order valence-corrected chi connectivity index (χ2v) is 2.80. The van der Waals surface area contributed by atoms with Crippen molar-refractivity contribution in [3.8, 4) is 0 Å². The van der Waals surface area contributed by atoms with Crippen LogP contribution in [0.1, 0.15) is 19.3 Å². The molecular formula is C6H13ClN2S. The molecule has 0 spiro atoms.